The first-order valence-corrected chi connectivity index (χ1v) is 10.5. The molecule has 0 atom stereocenters. The van der Waals surface area contributed by atoms with Crippen molar-refractivity contribution in [2.45, 2.75) is 26.3 Å². The zero-order valence-corrected chi connectivity index (χ0v) is 17.6. The minimum Gasteiger partial charge on any atom is -0.494 e. The van der Waals surface area contributed by atoms with E-state index in [0.29, 0.717) is 25.3 Å². The Labute approximate surface area is 181 Å². The number of aromatic nitrogens is 3. The summed E-state index contributed by atoms with van der Waals surface area (Å²) < 4.78 is 8.10. The first-order chi connectivity index (χ1) is 15.2. The van der Waals surface area contributed by atoms with Gasteiger partial charge in [-0.05, 0) is 49.7 Å². The number of hydrogen-bond donors (Lipinski definition) is 1. The predicted molar refractivity (Wildman–Crippen MR) is 121 cm³/mol. The lowest BCUT2D eigenvalue weighted by molar-refractivity contribution is 0.0949. The van der Waals surface area contributed by atoms with E-state index in [2.05, 4.69) is 40.0 Å². The molecule has 0 unspecified atom stereocenters. The number of fused-ring (bicyclic) bond motifs is 1. The average Bonchev–Trinajstić information content (AvgIpc) is 3.16. The molecule has 4 rings (SSSR count). The number of pyridine rings is 1. The van der Waals surface area contributed by atoms with Gasteiger partial charge in [0, 0.05) is 25.7 Å². The highest BCUT2D eigenvalue weighted by atomic mass is 16.5. The number of carbonyl (C=O) groups is 1. The number of amides is 1. The molecule has 4 aromatic rings. The van der Waals surface area contributed by atoms with Gasteiger partial charge in [-0.25, -0.2) is 4.98 Å². The fourth-order valence-electron chi connectivity index (χ4n) is 3.49. The van der Waals surface area contributed by atoms with E-state index in [0.717, 1.165) is 35.6 Å². The maximum atomic E-state index is 12.2. The van der Waals surface area contributed by atoms with Crippen LogP contribution in [0.2, 0.25) is 0 Å². The molecule has 0 aliphatic heterocycles. The number of aryl methyl sites for hydroxylation is 2. The van der Waals surface area contributed by atoms with Crippen molar-refractivity contribution >= 4 is 16.9 Å². The van der Waals surface area contributed by atoms with Crippen LogP contribution in [-0.4, -0.2) is 33.6 Å². The lowest BCUT2D eigenvalue weighted by atomic mass is 10.2. The average molecular weight is 415 g/mol. The van der Waals surface area contributed by atoms with Gasteiger partial charge in [-0.1, -0.05) is 35.9 Å². The molecule has 6 heteroatoms. The largest absolute Gasteiger partial charge is 0.494 e. The maximum absolute atomic E-state index is 12.2. The normalized spacial score (nSPS) is 10.9. The van der Waals surface area contributed by atoms with Crippen LogP contribution in [0.25, 0.3) is 11.0 Å². The third-order valence-corrected chi connectivity index (χ3v) is 5.08. The van der Waals surface area contributed by atoms with Crippen molar-refractivity contribution < 1.29 is 9.53 Å². The van der Waals surface area contributed by atoms with Crippen LogP contribution < -0.4 is 10.1 Å². The third-order valence-electron chi connectivity index (χ3n) is 5.08. The van der Waals surface area contributed by atoms with E-state index in [1.54, 1.807) is 24.4 Å². The summed E-state index contributed by atoms with van der Waals surface area (Å²) in [6.07, 6.45) is 3.13. The first kappa shape index (κ1) is 20.6. The van der Waals surface area contributed by atoms with Gasteiger partial charge in [-0.2, -0.15) is 0 Å². The van der Waals surface area contributed by atoms with E-state index in [1.165, 1.54) is 5.56 Å². The Balaban J connectivity index is 1.37. The molecule has 2 heterocycles. The number of carbonyl (C=O) groups excluding carboxylic acids is 1. The molecule has 0 aliphatic carbocycles. The van der Waals surface area contributed by atoms with Gasteiger partial charge < -0.3 is 14.6 Å². The third kappa shape index (κ3) is 5.28. The second-order valence-corrected chi connectivity index (χ2v) is 7.40. The molecule has 31 heavy (non-hydrogen) atoms. The summed E-state index contributed by atoms with van der Waals surface area (Å²) in [6.45, 7) is 3.99. The first-order valence-electron chi connectivity index (χ1n) is 10.5. The summed E-state index contributed by atoms with van der Waals surface area (Å²) in [5.74, 6) is 1.67. The molecule has 0 saturated heterocycles. The van der Waals surface area contributed by atoms with Gasteiger partial charge in [0.2, 0.25) is 0 Å². The molecule has 0 aliphatic rings. The van der Waals surface area contributed by atoms with Crippen LogP contribution in [0.1, 0.15) is 28.3 Å². The van der Waals surface area contributed by atoms with Gasteiger partial charge in [0.15, 0.2) is 0 Å². The number of hydrogen-bond acceptors (Lipinski definition) is 4. The van der Waals surface area contributed by atoms with Crippen LogP contribution in [0.15, 0.2) is 72.9 Å². The molecule has 0 spiro atoms. The SMILES string of the molecule is Cc1ccc(OCCCn2c(CCNC(=O)c3ccccn3)nc3ccccc32)cc1. The Kier molecular flexibility index (Phi) is 6.57. The van der Waals surface area contributed by atoms with Gasteiger partial charge in [-0.15, -0.1) is 0 Å². The lowest BCUT2D eigenvalue weighted by Crippen LogP contribution is -2.27. The fourth-order valence-corrected chi connectivity index (χ4v) is 3.49. The smallest absolute Gasteiger partial charge is 0.269 e. The number of nitrogens with one attached hydrogen (secondary N) is 1. The number of rotatable bonds is 9. The predicted octanol–water partition coefficient (Wildman–Crippen LogP) is 4.18. The van der Waals surface area contributed by atoms with Gasteiger partial charge >= 0.3 is 0 Å². The van der Waals surface area contributed by atoms with E-state index < -0.39 is 0 Å². The molecule has 1 N–H and O–H groups in total. The maximum Gasteiger partial charge on any atom is 0.269 e. The van der Waals surface area contributed by atoms with Crippen LogP contribution >= 0.6 is 0 Å². The highest BCUT2D eigenvalue weighted by Gasteiger charge is 2.11. The van der Waals surface area contributed by atoms with Gasteiger partial charge in [-0.3, -0.25) is 9.78 Å². The fraction of sp³-hybridized carbons (Fsp3) is 0.240. The van der Waals surface area contributed by atoms with Crippen LogP contribution in [0, 0.1) is 6.92 Å². The number of ether oxygens (including phenoxy) is 1. The Bertz CT molecular complexity index is 1140. The Morgan fingerprint density at radius 3 is 2.65 bits per heavy atom. The second kappa shape index (κ2) is 9.89. The van der Waals surface area contributed by atoms with Crippen molar-refractivity contribution in [3.05, 3.63) is 90.0 Å². The topological polar surface area (TPSA) is 69.0 Å². The van der Waals surface area contributed by atoms with Gasteiger partial charge in [0.25, 0.3) is 5.91 Å². The quantitative estimate of drug-likeness (QED) is 0.417. The molecule has 2 aromatic carbocycles. The van der Waals surface area contributed by atoms with E-state index in [4.69, 9.17) is 9.72 Å². The number of benzene rings is 2. The molecule has 2 aromatic heterocycles. The molecule has 6 nitrogen and oxygen atoms in total. The van der Waals surface area contributed by atoms with Crippen LogP contribution in [-0.2, 0) is 13.0 Å². The number of nitrogens with zero attached hydrogens (tertiary/aromatic N) is 3. The summed E-state index contributed by atoms with van der Waals surface area (Å²) in [7, 11) is 0. The van der Waals surface area contributed by atoms with Gasteiger partial charge in [0.1, 0.15) is 17.3 Å². The summed E-state index contributed by atoms with van der Waals surface area (Å²) in [6, 6.07) is 21.5. The highest BCUT2D eigenvalue weighted by Crippen LogP contribution is 2.17. The molecule has 158 valence electrons. The summed E-state index contributed by atoms with van der Waals surface area (Å²) in [5.41, 5.74) is 3.71. The second-order valence-electron chi connectivity index (χ2n) is 7.40. The molecule has 0 bridgehead atoms. The van der Waals surface area contributed by atoms with Crippen molar-refractivity contribution in [3.63, 3.8) is 0 Å². The molecule has 0 saturated carbocycles. The lowest BCUT2D eigenvalue weighted by Gasteiger charge is -2.11. The molecular weight excluding hydrogens is 388 g/mol. The van der Waals surface area contributed by atoms with Crippen LogP contribution in [0.3, 0.4) is 0 Å². The minimum absolute atomic E-state index is 0.172. The minimum atomic E-state index is -0.172. The summed E-state index contributed by atoms with van der Waals surface area (Å²) >= 11 is 0. The van der Waals surface area contributed by atoms with Crippen molar-refractivity contribution in [1.29, 1.82) is 0 Å². The van der Waals surface area contributed by atoms with Crippen molar-refractivity contribution in [3.8, 4) is 5.75 Å². The van der Waals surface area contributed by atoms with Crippen LogP contribution in [0.5, 0.6) is 5.75 Å². The molecule has 1 amide bonds. The monoisotopic (exact) mass is 414 g/mol. The highest BCUT2D eigenvalue weighted by molar-refractivity contribution is 5.92. The van der Waals surface area contributed by atoms with Crippen LogP contribution in [0.4, 0.5) is 0 Å². The Morgan fingerprint density at radius 2 is 1.84 bits per heavy atom. The Hall–Kier alpha value is -3.67. The summed E-state index contributed by atoms with van der Waals surface area (Å²) in [5, 5.41) is 2.93. The number of para-hydroxylation sites is 2. The van der Waals surface area contributed by atoms with E-state index in [-0.39, 0.29) is 5.91 Å². The molecule has 0 radical (unpaired) electrons. The van der Waals surface area contributed by atoms with Crippen molar-refractivity contribution in [2.75, 3.05) is 13.2 Å². The zero-order chi connectivity index (χ0) is 21.5. The number of imidazole rings is 1. The molecule has 0 fully saturated rings. The summed E-state index contributed by atoms with van der Waals surface area (Å²) in [4.78, 5) is 21.1. The van der Waals surface area contributed by atoms with E-state index in [9.17, 15) is 4.79 Å². The standard InChI is InChI=1S/C25H26N4O2/c1-19-10-12-20(13-11-19)31-18-6-17-29-23-9-3-2-7-21(23)28-24(29)14-16-27-25(30)22-8-4-5-15-26-22/h2-5,7-13,15H,6,14,16-18H2,1H3,(H,27,30). The van der Waals surface area contributed by atoms with Crippen molar-refractivity contribution in [2.24, 2.45) is 0 Å². The van der Waals surface area contributed by atoms with E-state index in [1.807, 2.05) is 30.3 Å². The molecular formula is C25H26N4O2. The van der Waals surface area contributed by atoms with E-state index >= 15 is 0 Å². The zero-order valence-electron chi connectivity index (χ0n) is 17.6. The van der Waals surface area contributed by atoms with Gasteiger partial charge in [0.05, 0.1) is 17.6 Å². The van der Waals surface area contributed by atoms with Crippen molar-refractivity contribution in [1.82, 2.24) is 19.9 Å². The Morgan fingerprint density at radius 1 is 1.03 bits per heavy atom.